The molecule has 1 aliphatic carbocycles. The van der Waals surface area contributed by atoms with Gasteiger partial charge in [0.1, 0.15) is 0 Å². The minimum absolute atomic E-state index is 0.00523. The molecule has 1 unspecified atom stereocenters. The van der Waals surface area contributed by atoms with E-state index in [-0.39, 0.29) is 11.8 Å². The number of amides is 2. The first-order valence-electron chi connectivity index (χ1n) is 10.5. The molecular weight excluding hydrogens is 360 g/mol. The first-order chi connectivity index (χ1) is 14.1. The van der Waals surface area contributed by atoms with Crippen LogP contribution in [-0.4, -0.2) is 35.2 Å². The number of allylic oxidation sites excluding steroid dienone is 2. The number of benzene rings is 2. The van der Waals surface area contributed by atoms with Crippen LogP contribution in [0.4, 0.5) is 0 Å². The van der Waals surface area contributed by atoms with E-state index in [1.807, 2.05) is 59.5 Å². The smallest absolute Gasteiger partial charge is 0.258 e. The maximum Gasteiger partial charge on any atom is 0.258 e. The molecule has 0 radical (unpaired) electrons. The molecule has 2 aliphatic rings. The van der Waals surface area contributed by atoms with Crippen LogP contribution in [0.15, 0.2) is 66.4 Å². The van der Waals surface area contributed by atoms with Gasteiger partial charge in [0.2, 0.25) is 0 Å². The number of piperidine rings is 1. The second kappa shape index (κ2) is 8.64. The van der Waals surface area contributed by atoms with E-state index in [9.17, 15) is 9.59 Å². The number of nitrogens with zero attached hydrogens (tertiary/aromatic N) is 2. The molecule has 1 heterocycles. The number of hydrogen-bond acceptors (Lipinski definition) is 2. The molecule has 1 fully saturated rings. The van der Waals surface area contributed by atoms with Crippen molar-refractivity contribution in [2.24, 2.45) is 5.92 Å². The van der Waals surface area contributed by atoms with Crippen LogP contribution in [0, 0.1) is 5.92 Å². The summed E-state index contributed by atoms with van der Waals surface area (Å²) in [5, 5.41) is 0. The van der Waals surface area contributed by atoms with Gasteiger partial charge in [-0.05, 0) is 67.9 Å². The van der Waals surface area contributed by atoms with Gasteiger partial charge in [-0.25, -0.2) is 0 Å². The van der Waals surface area contributed by atoms with Gasteiger partial charge in [-0.3, -0.25) is 9.59 Å². The summed E-state index contributed by atoms with van der Waals surface area (Å²) in [5.41, 5.74) is 3.66. The Kier molecular flexibility index (Phi) is 5.79. The first kappa shape index (κ1) is 19.4. The van der Waals surface area contributed by atoms with Crippen LogP contribution in [0.3, 0.4) is 0 Å². The molecule has 0 aromatic heterocycles. The average molecular weight is 389 g/mol. The van der Waals surface area contributed by atoms with E-state index in [0.717, 1.165) is 30.5 Å². The Morgan fingerprint density at radius 2 is 1.69 bits per heavy atom. The lowest BCUT2D eigenvalue weighted by atomic mass is 9.84. The molecule has 2 aromatic rings. The lowest BCUT2D eigenvalue weighted by molar-refractivity contribution is 0.0746. The number of rotatable bonds is 4. The van der Waals surface area contributed by atoms with E-state index in [1.54, 1.807) is 11.9 Å². The topological polar surface area (TPSA) is 40.6 Å². The highest BCUT2D eigenvalue weighted by Crippen LogP contribution is 2.35. The highest BCUT2D eigenvalue weighted by atomic mass is 16.2. The fraction of sp³-hybridized carbons (Fsp3) is 0.360. The number of carbonyl (C=O) groups is 2. The van der Waals surface area contributed by atoms with Crippen molar-refractivity contribution < 1.29 is 9.59 Å². The number of carbonyl (C=O) groups excluding carboxylic acids is 2. The lowest BCUT2D eigenvalue weighted by Gasteiger charge is -2.38. The Morgan fingerprint density at radius 3 is 2.45 bits per heavy atom. The van der Waals surface area contributed by atoms with Crippen molar-refractivity contribution in [2.75, 3.05) is 13.6 Å². The van der Waals surface area contributed by atoms with Gasteiger partial charge in [-0.2, -0.15) is 0 Å². The number of hydrogen-bond donors (Lipinski definition) is 0. The molecule has 2 amide bonds. The van der Waals surface area contributed by atoms with E-state index in [4.69, 9.17) is 0 Å². The molecule has 4 heteroatoms. The van der Waals surface area contributed by atoms with Gasteiger partial charge in [0.05, 0.1) is 0 Å². The second-order valence-electron chi connectivity index (χ2n) is 8.08. The van der Waals surface area contributed by atoms with Gasteiger partial charge in [-0.1, -0.05) is 36.4 Å². The van der Waals surface area contributed by atoms with Gasteiger partial charge >= 0.3 is 0 Å². The van der Waals surface area contributed by atoms with Gasteiger partial charge in [0.15, 0.2) is 0 Å². The van der Waals surface area contributed by atoms with Crippen LogP contribution in [0.2, 0.25) is 0 Å². The highest BCUT2D eigenvalue weighted by molar-refractivity contribution is 5.96. The van der Waals surface area contributed by atoms with Crippen LogP contribution < -0.4 is 0 Å². The molecule has 1 atom stereocenters. The largest absolute Gasteiger partial charge is 0.337 e. The zero-order valence-electron chi connectivity index (χ0n) is 17.0. The molecule has 1 aliphatic heterocycles. The molecule has 4 rings (SSSR count). The second-order valence-corrected chi connectivity index (χ2v) is 8.08. The summed E-state index contributed by atoms with van der Waals surface area (Å²) in [5.74, 6) is 0.649. The molecule has 29 heavy (non-hydrogen) atoms. The van der Waals surface area contributed by atoms with E-state index in [1.165, 1.54) is 25.0 Å². The van der Waals surface area contributed by atoms with Crippen molar-refractivity contribution in [3.8, 4) is 0 Å². The van der Waals surface area contributed by atoms with E-state index in [2.05, 4.69) is 6.08 Å². The standard InChI is InChI=1S/C25H28N2O2/c1-26(24(28)21-9-3-2-4-10-21)18-19-13-15-22(16-14-19)25(29)27-17-7-11-20-8-5-6-12-23(20)27/h2-4,9-10,12-16,20H,5-8,11,17-18H2,1H3. The molecule has 150 valence electrons. The molecule has 4 nitrogen and oxygen atoms in total. The summed E-state index contributed by atoms with van der Waals surface area (Å²) < 4.78 is 0. The summed E-state index contributed by atoms with van der Waals surface area (Å²) in [4.78, 5) is 29.3. The van der Waals surface area contributed by atoms with Crippen LogP contribution in [0.5, 0.6) is 0 Å². The lowest BCUT2D eigenvalue weighted by Crippen LogP contribution is -2.39. The maximum atomic E-state index is 13.1. The Morgan fingerprint density at radius 1 is 0.966 bits per heavy atom. The summed E-state index contributed by atoms with van der Waals surface area (Å²) in [7, 11) is 1.80. The third-order valence-electron chi connectivity index (χ3n) is 6.01. The van der Waals surface area contributed by atoms with E-state index >= 15 is 0 Å². The zero-order valence-corrected chi connectivity index (χ0v) is 17.0. The van der Waals surface area contributed by atoms with Crippen LogP contribution in [-0.2, 0) is 6.54 Å². The fourth-order valence-corrected chi connectivity index (χ4v) is 4.45. The van der Waals surface area contributed by atoms with Crippen molar-refractivity contribution >= 4 is 11.8 Å². The first-order valence-corrected chi connectivity index (χ1v) is 10.5. The Labute approximate surface area is 172 Å². The van der Waals surface area contributed by atoms with Gasteiger partial charge < -0.3 is 9.80 Å². The van der Waals surface area contributed by atoms with Gasteiger partial charge in [-0.15, -0.1) is 0 Å². The number of fused-ring (bicyclic) bond motifs is 1. The SMILES string of the molecule is CN(Cc1ccc(C(=O)N2CCCC3CCCC=C32)cc1)C(=O)c1ccccc1. The van der Waals surface area contributed by atoms with Crippen molar-refractivity contribution in [1.29, 1.82) is 0 Å². The molecular formula is C25H28N2O2. The Balaban J connectivity index is 1.43. The van der Waals surface area contributed by atoms with E-state index in [0.29, 0.717) is 18.0 Å². The quantitative estimate of drug-likeness (QED) is 0.749. The molecule has 0 bridgehead atoms. The number of likely N-dealkylation sites (tertiary alicyclic amines) is 1. The van der Waals surface area contributed by atoms with Gasteiger partial charge in [0, 0.05) is 37.0 Å². The van der Waals surface area contributed by atoms with Crippen molar-refractivity contribution in [3.05, 3.63) is 83.1 Å². The third kappa shape index (κ3) is 4.26. The van der Waals surface area contributed by atoms with Crippen molar-refractivity contribution in [1.82, 2.24) is 9.80 Å². The molecule has 2 aromatic carbocycles. The molecule has 0 spiro atoms. The monoisotopic (exact) mass is 388 g/mol. The summed E-state index contributed by atoms with van der Waals surface area (Å²) in [6.45, 7) is 1.33. The van der Waals surface area contributed by atoms with Crippen molar-refractivity contribution in [2.45, 2.75) is 38.6 Å². The average Bonchev–Trinajstić information content (AvgIpc) is 2.78. The van der Waals surface area contributed by atoms with E-state index < -0.39 is 0 Å². The fourth-order valence-electron chi connectivity index (χ4n) is 4.45. The molecule has 1 saturated heterocycles. The predicted molar refractivity (Wildman–Crippen MR) is 114 cm³/mol. The Bertz CT molecular complexity index is 902. The summed E-state index contributed by atoms with van der Waals surface area (Å²) in [6, 6.07) is 17.0. The van der Waals surface area contributed by atoms with Crippen LogP contribution >= 0.6 is 0 Å². The predicted octanol–water partition coefficient (Wildman–Crippen LogP) is 4.88. The highest BCUT2D eigenvalue weighted by Gasteiger charge is 2.30. The Hall–Kier alpha value is -2.88. The van der Waals surface area contributed by atoms with Gasteiger partial charge in [0.25, 0.3) is 11.8 Å². The summed E-state index contributed by atoms with van der Waals surface area (Å²) >= 11 is 0. The maximum absolute atomic E-state index is 13.1. The minimum atomic E-state index is -0.00523. The van der Waals surface area contributed by atoms with Crippen LogP contribution in [0.1, 0.15) is 58.4 Å². The zero-order chi connectivity index (χ0) is 20.2. The van der Waals surface area contributed by atoms with Crippen molar-refractivity contribution in [3.63, 3.8) is 0 Å². The molecule has 0 saturated carbocycles. The minimum Gasteiger partial charge on any atom is -0.337 e. The van der Waals surface area contributed by atoms with Crippen LogP contribution in [0.25, 0.3) is 0 Å². The summed E-state index contributed by atoms with van der Waals surface area (Å²) in [6.07, 6.45) is 8.07. The third-order valence-corrected chi connectivity index (χ3v) is 6.01. The normalized spacial score (nSPS) is 18.6. The molecule has 0 N–H and O–H groups in total.